The van der Waals surface area contributed by atoms with E-state index >= 15 is 0 Å². The highest BCUT2D eigenvalue weighted by Gasteiger charge is 2.13. The first-order chi connectivity index (χ1) is 7.61. The zero-order chi connectivity index (χ0) is 11.7. The van der Waals surface area contributed by atoms with Gasteiger partial charge in [0.25, 0.3) is 0 Å². The minimum Gasteiger partial charge on any atom is -0.491 e. The second-order valence-electron chi connectivity index (χ2n) is 3.44. The Labute approximate surface area is 92.3 Å². The Hall–Kier alpha value is -2.04. The van der Waals surface area contributed by atoms with Crippen molar-refractivity contribution < 1.29 is 14.6 Å². The first-order valence-corrected chi connectivity index (χ1v) is 4.98. The summed E-state index contributed by atoms with van der Waals surface area (Å²) < 4.78 is 6.89. The Balaban J connectivity index is 2.64. The van der Waals surface area contributed by atoms with Crippen LogP contribution < -0.4 is 4.74 Å². The first-order valence-electron chi connectivity index (χ1n) is 4.98. The van der Waals surface area contributed by atoms with Gasteiger partial charge in [-0.1, -0.05) is 0 Å². The topological polar surface area (TPSA) is 63.8 Å². The van der Waals surface area contributed by atoms with Gasteiger partial charge in [0, 0.05) is 0 Å². The minimum absolute atomic E-state index is 0.161. The molecule has 0 atom stereocenters. The van der Waals surface area contributed by atoms with Crippen molar-refractivity contribution in [2.24, 2.45) is 0 Å². The Bertz CT molecular complexity index is 545. The second kappa shape index (κ2) is 3.84. The number of nitrogens with zero attached hydrogens (tertiary/aromatic N) is 2. The van der Waals surface area contributed by atoms with Crippen LogP contribution in [-0.2, 0) is 0 Å². The van der Waals surface area contributed by atoms with E-state index in [4.69, 9.17) is 9.84 Å². The van der Waals surface area contributed by atoms with Crippen molar-refractivity contribution in [3.63, 3.8) is 0 Å². The minimum atomic E-state index is -0.996. The molecular weight excluding hydrogens is 208 g/mol. The van der Waals surface area contributed by atoms with Crippen LogP contribution in [0.1, 0.15) is 23.0 Å². The van der Waals surface area contributed by atoms with Gasteiger partial charge in [-0.25, -0.2) is 9.31 Å². The number of rotatable bonds is 3. The lowest BCUT2D eigenvalue weighted by atomic mass is 10.2. The average Bonchev–Trinajstić information content (AvgIpc) is 2.56. The summed E-state index contributed by atoms with van der Waals surface area (Å²) in [6.45, 7) is 4.09. The molecule has 5 nitrogen and oxygen atoms in total. The van der Waals surface area contributed by atoms with Gasteiger partial charge in [0.1, 0.15) is 5.56 Å². The zero-order valence-corrected chi connectivity index (χ0v) is 9.10. The fraction of sp³-hybridized carbons (Fsp3) is 0.273. The Morgan fingerprint density at radius 3 is 2.94 bits per heavy atom. The summed E-state index contributed by atoms with van der Waals surface area (Å²) in [5.74, 6) is -0.657. The molecule has 0 saturated heterocycles. The Morgan fingerprint density at radius 2 is 2.31 bits per heavy atom. The van der Waals surface area contributed by atoms with E-state index < -0.39 is 5.97 Å². The van der Waals surface area contributed by atoms with E-state index in [9.17, 15) is 4.79 Å². The van der Waals surface area contributed by atoms with Crippen molar-refractivity contribution in [3.05, 3.63) is 29.6 Å². The number of hydrogen-bond acceptors (Lipinski definition) is 3. The van der Waals surface area contributed by atoms with Gasteiger partial charge in [-0.2, -0.15) is 5.10 Å². The van der Waals surface area contributed by atoms with E-state index in [-0.39, 0.29) is 5.56 Å². The van der Waals surface area contributed by atoms with E-state index in [1.807, 2.05) is 19.9 Å². The summed E-state index contributed by atoms with van der Waals surface area (Å²) in [4.78, 5) is 11.0. The molecule has 0 unspecified atom stereocenters. The molecule has 0 aliphatic rings. The van der Waals surface area contributed by atoms with Gasteiger partial charge in [0.15, 0.2) is 5.75 Å². The van der Waals surface area contributed by atoms with E-state index in [1.165, 1.54) is 0 Å². The lowest BCUT2D eigenvalue weighted by molar-refractivity contribution is 0.0692. The third-order valence-corrected chi connectivity index (χ3v) is 2.21. The number of aromatic nitrogens is 2. The first kappa shape index (κ1) is 10.5. The molecule has 0 radical (unpaired) electrons. The molecule has 0 aliphatic heterocycles. The molecule has 0 saturated carbocycles. The van der Waals surface area contributed by atoms with Crippen LogP contribution in [0, 0.1) is 6.92 Å². The molecule has 0 aromatic carbocycles. The number of carboxylic acid groups (broad SMARTS) is 1. The zero-order valence-electron chi connectivity index (χ0n) is 9.10. The molecule has 2 heterocycles. The van der Waals surface area contributed by atoms with Gasteiger partial charge in [-0.15, -0.1) is 0 Å². The number of carboxylic acids is 1. The molecule has 0 spiro atoms. The van der Waals surface area contributed by atoms with E-state index in [1.54, 1.807) is 16.8 Å². The van der Waals surface area contributed by atoms with Gasteiger partial charge in [0.2, 0.25) is 0 Å². The van der Waals surface area contributed by atoms with Crippen LogP contribution >= 0.6 is 0 Å². The summed E-state index contributed by atoms with van der Waals surface area (Å²) >= 11 is 0. The monoisotopic (exact) mass is 220 g/mol. The third kappa shape index (κ3) is 1.71. The van der Waals surface area contributed by atoms with Crippen molar-refractivity contribution in [1.29, 1.82) is 0 Å². The molecule has 0 fully saturated rings. The third-order valence-electron chi connectivity index (χ3n) is 2.21. The summed E-state index contributed by atoms with van der Waals surface area (Å²) in [6, 6.07) is 3.38. The number of aromatic carboxylic acids is 1. The molecule has 0 aliphatic carbocycles. The maximum Gasteiger partial charge on any atom is 0.339 e. The van der Waals surface area contributed by atoms with Crippen molar-refractivity contribution in [2.45, 2.75) is 13.8 Å². The second-order valence-corrected chi connectivity index (χ2v) is 3.44. The van der Waals surface area contributed by atoms with E-state index in [0.29, 0.717) is 12.4 Å². The Kier molecular flexibility index (Phi) is 2.52. The van der Waals surface area contributed by atoms with Crippen LogP contribution in [0.15, 0.2) is 18.3 Å². The lowest BCUT2D eigenvalue weighted by Gasteiger charge is -2.07. The predicted octanol–water partition coefficient (Wildman–Crippen LogP) is 1.74. The normalized spacial score (nSPS) is 10.6. The molecule has 16 heavy (non-hydrogen) atoms. The summed E-state index contributed by atoms with van der Waals surface area (Å²) in [7, 11) is 0. The maximum atomic E-state index is 11.0. The number of ether oxygens (including phenoxy) is 1. The van der Waals surface area contributed by atoms with Crippen molar-refractivity contribution in [2.75, 3.05) is 6.61 Å². The molecule has 0 amide bonds. The number of fused-ring (bicyclic) bond motifs is 1. The van der Waals surface area contributed by atoms with Crippen molar-refractivity contribution in [3.8, 4) is 5.75 Å². The number of pyridine rings is 1. The lowest BCUT2D eigenvalue weighted by Crippen LogP contribution is -2.04. The largest absolute Gasteiger partial charge is 0.491 e. The molecule has 2 rings (SSSR count). The van der Waals surface area contributed by atoms with E-state index in [2.05, 4.69) is 5.10 Å². The molecule has 1 N–H and O–H groups in total. The smallest absolute Gasteiger partial charge is 0.339 e. The van der Waals surface area contributed by atoms with E-state index in [0.717, 1.165) is 11.2 Å². The van der Waals surface area contributed by atoms with Crippen LogP contribution in [0.4, 0.5) is 0 Å². The van der Waals surface area contributed by atoms with Crippen molar-refractivity contribution in [1.82, 2.24) is 9.61 Å². The van der Waals surface area contributed by atoms with Gasteiger partial charge >= 0.3 is 5.97 Å². The number of carbonyl (C=O) groups is 1. The van der Waals surface area contributed by atoms with Crippen LogP contribution in [0.2, 0.25) is 0 Å². The average molecular weight is 220 g/mol. The van der Waals surface area contributed by atoms with Gasteiger partial charge in [0.05, 0.1) is 24.0 Å². The number of hydrogen-bond donors (Lipinski definition) is 1. The molecule has 0 bridgehead atoms. The van der Waals surface area contributed by atoms with Crippen molar-refractivity contribution >= 4 is 11.5 Å². The molecule has 2 aromatic heterocycles. The highest BCUT2D eigenvalue weighted by atomic mass is 16.5. The molecule has 2 aromatic rings. The molecule has 84 valence electrons. The summed E-state index contributed by atoms with van der Waals surface area (Å²) in [6.07, 6.45) is 1.59. The fourth-order valence-electron chi connectivity index (χ4n) is 1.59. The van der Waals surface area contributed by atoms with Gasteiger partial charge < -0.3 is 9.84 Å². The van der Waals surface area contributed by atoms with Crippen LogP contribution in [-0.4, -0.2) is 27.3 Å². The van der Waals surface area contributed by atoms with Gasteiger partial charge in [-0.3, -0.25) is 0 Å². The van der Waals surface area contributed by atoms with Gasteiger partial charge in [-0.05, 0) is 26.0 Å². The SMILES string of the molecule is CCOc1cn2nc(C)cc2cc1C(=O)O. The highest BCUT2D eigenvalue weighted by Crippen LogP contribution is 2.21. The van der Waals surface area contributed by atoms with Crippen LogP contribution in [0.5, 0.6) is 5.75 Å². The summed E-state index contributed by atoms with van der Waals surface area (Å²) in [5.41, 5.74) is 1.75. The fourth-order valence-corrected chi connectivity index (χ4v) is 1.59. The standard InChI is InChI=1S/C11H12N2O3/c1-3-16-10-6-13-8(4-7(2)12-13)5-9(10)11(14)15/h4-6H,3H2,1-2H3,(H,14,15). The summed E-state index contributed by atoms with van der Waals surface area (Å²) in [5, 5.41) is 13.2. The maximum absolute atomic E-state index is 11.0. The Morgan fingerprint density at radius 1 is 1.56 bits per heavy atom. The number of aryl methyl sites for hydroxylation is 1. The highest BCUT2D eigenvalue weighted by molar-refractivity contribution is 5.92. The van der Waals surface area contributed by atoms with Crippen LogP contribution in [0.25, 0.3) is 5.52 Å². The molecular formula is C11H12N2O3. The quantitative estimate of drug-likeness (QED) is 0.855. The predicted molar refractivity (Wildman–Crippen MR) is 58.1 cm³/mol. The van der Waals surface area contributed by atoms with Crippen LogP contribution in [0.3, 0.4) is 0 Å². The molecule has 5 heteroatoms.